The van der Waals surface area contributed by atoms with Gasteiger partial charge in [0.15, 0.2) is 0 Å². The van der Waals surface area contributed by atoms with Crippen molar-refractivity contribution in [2.75, 3.05) is 20.1 Å². The standard InChI is InChI=1S/C22H34N2O/c1-17-7-3-5-9-19(17)21(25)24-16-14-22(13-15-23-2)12-11-18-8-4-6-10-20(18)22/h4,8,23H,3,5-7,9-16H2,1-2H3,(H,24,25). The minimum atomic E-state index is 0.191. The minimum absolute atomic E-state index is 0.191. The Bertz CT molecular complexity index is 599. The molecule has 0 saturated heterocycles. The normalized spacial score (nSPS) is 26.2. The summed E-state index contributed by atoms with van der Waals surface area (Å²) in [5, 5.41) is 6.58. The van der Waals surface area contributed by atoms with Crippen LogP contribution in [0.4, 0.5) is 0 Å². The number of rotatable bonds is 7. The maximum atomic E-state index is 12.6. The Hall–Kier alpha value is -1.35. The summed E-state index contributed by atoms with van der Waals surface area (Å²) in [6.45, 7) is 3.99. The van der Waals surface area contributed by atoms with Gasteiger partial charge in [-0.3, -0.25) is 4.79 Å². The first-order valence-corrected chi connectivity index (χ1v) is 10.2. The lowest BCUT2D eigenvalue weighted by Gasteiger charge is -2.34. The van der Waals surface area contributed by atoms with Crippen LogP contribution in [0.2, 0.25) is 0 Å². The summed E-state index contributed by atoms with van der Waals surface area (Å²) in [5.41, 5.74) is 5.93. The van der Waals surface area contributed by atoms with Gasteiger partial charge in [-0.25, -0.2) is 0 Å². The van der Waals surface area contributed by atoms with Crippen molar-refractivity contribution >= 4 is 5.91 Å². The van der Waals surface area contributed by atoms with Crippen LogP contribution in [0.25, 0.3) is 0 Å². The van der Waals surface area contributed by atoms with Gasteiger partial charge in [0.1, 0.15) is 0 Å². The smallest absolute Gasteiger partial charge is 0.247 e. The molecule has 0 spiro atoms. The number of carbonyl (C=O) groups excluding carboxylic acids is 1. The maximum Gasteiger partial charge on any atom is 0.247 e. The van der Waals surface area contributed by atoms with Crippen molar-refractivity contribution in [2.45, 2.75) is 71.1 Å². The van der Waals surface area contributed by atoms with E-state index in [4.69, 9.17) is 0 Å². The van der Waals surface area contributed by atoms with Crippen LogP contribution >= 0.6 is 0 Å². The van der Waals surface area contributed by atoms with E-state index >= 15 is 0 Å². The largest absolute Gasteiger partial charge is 0.352 e. The van der Waals surface area contributed by atoms with Crippen LogP contribution in [0, 0.1) is 5.41 Å². The van der Waals surface area contributed by atoms with E-state index in [1.165, 1.54) is 44.1 Å². The van der Waals surface area contributed by atoms with Crippen LogP contribution in [0.5, 0.6) is 0 Å². The maximum absolute atomic E-state index is 12.6. The molecule has 3 heteroatoms. The van der Waals surface area contributed by atoms with E-state index < -0.39 is 0 Å². The van der Waals surface area contributed by atoms with Crippen molar-refractivity contribution in [1.29, 1.82) is 0 Å². The molecule has 0 saturated carbocycles. The first-order chi connectivity index (χ1) is 12.2. The van der Waals surface area contributed by atoms with E-state index in [9.17, 15) is 4.79 Å². The highest BCUT2D eigenvalue weighted by atomic mass is 16.1. The van der Waals surface area contributed by atoms with E-state index in [-0.39, 0.29) is 5.91 Å². The minimum Gasteiger partial charge on any atom is -0.352 e. The van der Waals surface area contributed by atoms with Crippen molar-refractivity contribution in [3.05, 3.63) is 34.4 Å². The van der Waals surface area contributed by atoms with Crippen LogP contribution in [0.1, 0.15) is 71.1 Å². The molecule has 0 radical (unpaired) electrons. The van der Waals surface area contributed by atoms with Crippen molar-refractivity contribution in [2.24, 2.45) is 5.41 Å². The van der Waals surface area contributed by atoms with E-state index in [1.54, 1.807) is 11.1 Å². The molecule has 0 aliphatic heterocycles. The fourth-order valence-electron chi connectivity index (χ4n) is 5.01. The van der Waals surface area contributed by atoms with Crippen molar-refractivity contribution < 1.29 is 4.79 Å². The quantitative estimate of drug-likeness (QED) is 0.719. The van der Waals surface area contributed by atoms with Gasteiger partial charge in [0.25, 0.3) is 0 Å². The SMILES string of the molecule is CNCCC1(CCNC(=O)C2=C(C)CCCC2)CCC2=C1CCC=C2. The Morgan fingerprint density at radius 1 is 1.12 bits per heavy atom. The van der Waals surface area contributed by atoms with E-state index in [0.717, 1.165) is 44.3 Å². The lowest BCUT2D eigenvalue weighted by Crippen LogP contribution is -2.34. The molecule has 1 atom stereocenters. The van der Waals surface area contributed by atoms with Gasteiger partial charge < -0.3 is 10.6 Å². The molecule has 3 aliphatic rings. The third-order valence-corrected chi connectivity index (χ3v) is 6.54. The number of nitrogens with one attached hydrogen (secondary N) is 2. The third kappa shape index (κ3) is 4.08. The Balaban J connectivity index is 1.63. The fourth-order valence-corrected chi connectivity index (χ4v) is 5.01. The Labute approximate surface area is 153 Å². The summed E-state index contributed by atoms with van der Waals surface area (Å²) < 4.78 is 0. The lowest BCUT2D eigenvalue weighted by molar-refractivity contribution is -0.117. The predicted octanol–water partition coefficient (Wildman–Crippen LogP) is 4.42. The van der Waals surface area contributed by atoms with Crippen LogP contribution in [-0.4, -0.2) is 26.0 Å². The lowest BCUT2D eigenvalue weighted by atomic mass is 9.72. The Kier molecular flexibility index (Phi) is 6.16. The van der Waals surface area contributed by atoms with E-state index in [1.807, 2.05) is 7.05 Å². The van der Waals surface area contributed by atoms with Crippen LogP contribution in [0.15, 0.2) is 34.4 Å². The van der Waals surface area contributed by atoms with Gasteiger partial charge in [-0.2, -0.15) is 0 Å². The second-order valence-electron chi connectivity index (χ2n) is 8.05. The van der Waals surface area contributed by atoms with Crippen LogP contribution in [0.3, 0.4) is 0 Å². The van der Waals surface area contributed by atoms with Gasteiger partial charge in [-0.15, -0.1) is 0 Å². The summed E-state index contributed by atoms with van der Waals surface area (Å²) in [5.74, 6) is 0.191. The summed E-state index contributed by atoms with van der Waals surface area (Å²) in [7, 11) is 2.04. The van der Waals surface area contributed by atoms with Crippen LogP contribution in [-0.2, 0) is 4.79 Å². The highest BCUT2D eigenvalue weighted by Crippen LogP contribution is 2.51. The van der Waals surface area contributed by atoms with Crippen molar-refractivity contribution in [3.8, 4) is 0 Å². The summed E-state index contributed by atoms with van der Waals surface area (Å²) in [4.78, 5) is 12.6. The second kappa shape index (κ2) is 8.35. The first kappa shape index (κ1) is 18.4. The molecular formula is C22H34N2O. The molecule has 0 heterocycles. The first-order valence-electron chi connectivity index (χ1n) is 10.2. The molecule has 0 aromatic heterocycles. The van der Waals surface area contributed by atoms with E-state index in [0.29, 0.717) is 5.41 Å². The highest BCUT2D eigenvalue weighted by molar-refractivity contribution is 5.94. The second-order valence-corrected chi connectivity index (χ2v) is 8.05. The molecule has 0 bridgehead atoms. The molecule has 1 unspecified atom stereocenters. The molecule has 3 nitrogen and oxygen atoms in total. The molecular weight excluding hydrogens is 308 g/mol. The molecule has 138 valence electrons. The van der Waals surface area contributed by atoms with Gasteiger partial charge in [0, 0.05) is 12.1 Å². The number of allylic oxidation sites excluding steroid dienone is 5. The Morgan fingerprint density at radius 3 is 2.72 bits per heavy atom. The molecule has 0 fully saturated rings. The number of carbonyl (C=O) groups is 1. The summed E-state index contributed by atoms with van der Waals surface area (Å²) in [6.07, 6.45) is 16.3. The van der Waals surface area contributed by atoms with Crippen LogP contribution < -0.4 is 10.6 Å². The van der Waals surface area contributed by atoms with Gasteiger partial charge in [-0.1, -0.05) is 23.3 Å². The number of hydrogen-bond donors (Lipinski definition) is 2. The van der Waals surface area contributed by atoms with Crippen molar-refractivity contribution in [3.63, 3.8) is 0 Å². The molecule has 0 aromatic carbocycles. The third-order valence-electron chi connectivity index (χ3n) is 6.54. The number of amides is 1. The summed E-state index contributed by atoms with van der Waals surface area (Å²) >= 11 is 0. The summed E-state index contributed by atoms with van der Waals surface area (Å²) in [6, 6.07) is 0. The zero-order valence-electron chi connectivity index (χ0n) is 16.0. The van der Waals surface area contributed by atoms with Crippen molar-refractivity contribution in [1.82, 2.24) is 10.6 Å². The molecule has 3 aliphatic carbocycles. The fraction of sp³-hybridized carbons (Fsp3) is 0.682. The topological polar surface area (TPSA) is 41.1 Å². The van der Waals surface area contributed by atoms with Gasteiger partial charge in [-0.05, 0) is 95.7 Å². The molecule has 1 amide bonds. The Morgan fingerprint density at radius 2 is 1.92 bits per heavy atom. The highest BCUT2D eigenvalue weighted by Gasteiger charge is 2.39. The molecule has 3 rings (SSSR count). The van der Waals surface area contributed by atoms with E-state index in [2.05, 4.69) is 29.7 Å². The van der Waals surface area contributed by atoms with Gasteiger partial charge >= 0.3 is 0 Å². The molecule has 2 N–H and O–H groups in total. The van der Waals surface area contributed by atoms with Gasteiger partial charge in [0.2, 0.25) is 5.91 Å². The molecule has 25 heavy (non-hydrogen) atoms. The molecule has 0 aromatic rings. The average Bonchev–Trinajstić information content (AvgIpc) is 2.99. The number of hydrogen-bond acceptors (Lipinski definition) is 2. The zero-order chi connectivity index (χ0) is 17.7. The average molecular weight is 343 g/mol. The zero-order valence-corrected chi connectivity index (χ0v) is 16.0. The monoisotopic (exact) mass is 342 g/mol. The van der Waals surface area contributed by atoms with Gasteiger partial charge in [0.05, 0.1) is 0 Å². The predicted molar refractivity (Wildman–Crippen MR) is 104 cm³/mol.